The van der Waals surface area contributed by atoms with Gasteiger partial charge in [-0.15, -0.1) is 0 Å². The Labute approximate surface area is 163 Å². The number of hydrogen-bond acceptors (Lipinski definition) is 6. The largest absolute Gasteiger partial charge is 0.486 e. The van der Waals surface area contributed by atoms with Gasteiger partial charge in [0, 0.05) is 22.4 Å². The molecule has 146 valence electrons. The van der Waals surface area contributed by atoms with Gasteiger partial charge in [-0.05, 0) is 12.1 Å². The summed E-state index contributed by atoms with van der Waals surface area (Å²) in [5.41, 5.74) is 0.160. The number of benzene rings is 1. The van der Waals surface area contributed by atoms with Gasteiger partial charge in [0.15, 0.2) is 26.5 Å². The van der Waals surface area contributed by atoms with Gasteiger partial charge in [-0.2, -0.15) is 4.99 Å². The van der Waals surface area contributed by atoms with Gasteiger partial charge in [0.05, 0.1) is 17.5 Å². The summed E-state index contributed by atoms with van der Waals surface area (Å²) in [4.78, 5) is 18.7. The van der Waals surface area contributed by atoms with E-state index in [2.05, 4.69) is 4.99 Å². The first-order valence-electron chi connectivity index (χ1n) is 8.83. The fourth-order valence-corrected chi connectivity index (χ4v) is 7.22. The van der Waals surface area contributed by atoms with Crippen LogP contribution in [0.5, 0.6) is 11.5 Å². The molecule has 0 saturated carbocycles. The molecule has 7 nitrogen and oxygen atoms in total. The van der Waals surface area contributed by atoms with Crippen LogP contribution in [0.15, 0.2) is 23.2 Å². The highest BCUT2D eigenvalue weighted by atomic mass is 32.2. The Morgan fingerprint density at radius 1 is 1.19 bits per heavy atom. The number of carbonyl (C=O) groups is 1. The zero-order valence-electron chi connectivity index (χ0n) is 15.5. The number of sulfone groups is 1. The van der Waals surface area contributed by atoms with E-state index in [-0.39, 0.29) is 28.7 Å². The van der Waals surface area contributed by atoms with E-state index in [0.29, 0.717) is 29.9 Å². The van der Waals surface area contributed by atoms with Gasteiger partial charge in [-0.1, -0.05) is 32.5 Å². The molecule has 0 radical (unpaired) electrons. The second kappa shape index (κ2) is 6.41. The van der Waals surface area contributed by atoms with Crippen LogP contribution in [0.4, 0.5) is 5.69 Å². The first kappa shape index (κ1) is 18.6. The average molecular weight is 411 g/mol. The van der Waals surface area contributed by atoms with Crippen molar-refractivity contribution in [2.45, 2.75) is 32.1 Å². The molecule has 0 unspecified atom stereocenters. The molecule has 27 heavy (non-hydrogen) atoms. The van der Waals surface area contributed by atoms with Crippen molar-refractivity contribution >= 4 is 38.4 Å². The molecular formula is C18H22N2O5S2. The molecule has 2 atom stereocenters. The molecule has 1 amide bonds. The van der Waals surface area contributed by atoms with Crippen LogP contribution in [0.25, 0.3) is 0 Å². The van der Waals surface area contributed by atoms with Gasteiger partial charge in [-0.3, -0.25) is 4.79 Å². The lowest BCUT2D eigenvalue weighted by Gasteiger charge is -2.27. The highest BCUT2D eigenvalue weighted by Crippen LogP contribution is 2.43. The molecule has 3 heterocycles. The number of aliphatic imine (C=N–C) groups is 1. The molecule has 0 aromatic heterocycles. The summed E-state index contributed by atoms with van der Waals surface area (Å²) >= 11 is 1.37. The minimum atomic E-state index is -3.10. The Hall–Kier alpha value is -1.74. The van der Waals surface area contributed by atoms with Crippen LogP contribution in [-0.2, 0) is 14.6 Å². The third-order valence-corrected chi connectivity index (χ3v) is 7.92. The predicted molar refractivity (Wildman–Crippen MR) is 106 cm³/mol. The van der Waals surface area contributed by atoms with Crippen molar-refractivity contribution in [1.29, 1.82) is 0 Å². The van der Waals surface area contributed by atoms with E-state index in [0.717, 1.165) is 5.69 Å². The summed E-state index contributed by atoms with van der Waals surface area (Å²) in [5, 5.41) is 0.422. The molecule has 0 spiro atoms. The minimum absolute atomic E-state index is 0.0574. The van der Waals surface area contributed by atoms with Gasteiger partial charge in [-0.25, -0.2) is 8.42 Å². The molecule has 3 aliphatic heterocycles. The van der Waals surface area contributed by atoms with Crippen LogP contribution < -0.4 is 14.4 Å². The third kappa shape index (κ3) is 3.54. The summed E-state index contributed by atoms with van der Waals surface area (Å²) in [6.07, 6.45) is 0. The molecule has 9 heteroatoms. The number of nitrogens with zero attached hydrogens (tertiary/aromatic N) is 2. The quantitative estimate of drug-likeness (QED) is 0.701. The Morgan fingerprint density at radius 2 is 1.89 bits per heavy atom. The second-order valence-corrected chi connectivity index (χ2v) is 11.3. The molecule has 1 aromatic rings. The van der Waals surface area contributed by atoms with Crippen molar-refractivity contribution in [1.82, 2.24) is 0 Å². The molecule has 4 rings (SSSR count). The smallest absolute Gasteiger partial charge is 0.253 e. The number of carbonyl (C=O) groups excluding carboxylic acids is 1. The maximum absolute atomic E-state index is 12.5. The van der Waals surface area contributed by atoms with Gasteiger partial charge in [0.1, 0.15) is 13.2 Å². The van der Waals surface area contributed by atoms with E-state index < -0.39 is 15.3 Å². The van der Waals surface area contributed by atoms with Crippen LogP contribution >= 0.6 is 11.8 Å². The fraction of sp³-hybridized carbons (Fsp3) is 0.556. The van der Waals surface area contributed by atoms with E-state index in [4.69, 9.17) is 9.47 Å². The van der Waals surface area contributed by atoms with E-state index in [9.17, 15) is 13.2 Å². The lowest BCUT2D eigenvalue weighted by Crippen LogP contribution is -2.38. The van der Waals surface area contributed by atoms with Gasteiger partial charge in [0.25, 0.3) is 5.91 Å². The maximum Gasteiger partial charge on any atom is 0.253 e. The topological polar surface area (TPSA) is 85.3 Å². The third-order valence-electron chi connectivity index (χ3n) is 4.71. The number of rotatable bonds is 1. The molecule has 0 N–H and O–H groups in total. The fourth-order valence-electron chi connectivity index (χ4n) is 3.30. The molecule has 1 aromatic carbocycles. The summed E-state index contributed by atoms with van der Waals surface area (Å²) < 4.78 is 35.5. The normalized spacial score (nSPS) is 27.7. The summed E-state index contributed by atoms with van der Waals surface area (Å²) in [5.74, 6) is 1.22. The molecule has 0 bridgehead atoms. The minimum Gasteiger partial charge on any atom is -0.486 e. The summed E-state index contributed by atoms with van der Waals surface area (Å²) in [6, 6.07) is 5.26. The lowest BCUT2D eigenvalue weighted by atomic mass is 9.96. The van der Waals surface area contributed by atoms with Gasteiger partial charge in [0.2, 0.25) is 0 Å². The monoisotopic (exact) mass is 410 g/mol. The maximum atomic E-state index is 12.5. The highest BCUT2D eigenvalue weighted by molar-refractivity contribution is 8.16. The van der Waals surface area contributed by atoms with Crippen molar-refractivity contribution in [3.05, 3.63) is 18.2 Å². The van der Waals surface area contributed by atoms with Gasteiger partial charge >= 0.3 is 0 Å². The Morgan fingerprint density at radius 3 is 2.59 bits per heavy atom. The van der Waals surface area contributed by atoms with E-state index in [1.807, 2.05) is 43.9 Å². The van der Waals surface area contributed by atoms with Crippen molar-refractivity contribution in [2.75, 3.05) is 29.6 Å². The van der Waals surface area contributed by atoms with Crippen molar-refractivity contribution in [3.8, 4) is 11.5 Å². The molecule has 0 aliphatic carbocycles. The molecule has 3 aliphatic rings. The molecule has 2 saturated heterocycles. The van der Waals surface area contributed by atoms with Crippen LogP contribution in [0.1, 0.15) is 20.8 Å². The molecular weight excluding hydrogens is 388 g/mol. The first-order chi connectivity index (χ1) is 12.6. The van der Waals surface area contributed by atoms with Crippen LogP contribution in [0.2, 0.25) is 0 Å². The number of anilines is 1. The van der Waals surface area contributed by atoms with E-state index >= 15 is 0 Å². The number of hydrogen-bond donors (Lipinski definition) is 0. The summed E-state index contributed by atoms with van der Waals surface area (Å²) in [6.45, 7) is 6.42. The van der Waals surface area contributed by atoms with Crippen LogP contribution in [-0.4, -0.2) is 55.5 Å². The zero-order valence-corrected chi connectivity index (χ0v) is 17.1. The average Bonchev–Trinajstić information content (AvgIpc) is 3.04. The Kier molecular flexibility index (Phi) is 4.42. The second-order valence-electron chi connectivity index (χ2n) is 7.95. The highest BCUT2D eigenvalue weighted by Gasteiger charge is 2.49. The van der Waals surface area contributed by atoms with Crippen LogP contribution in [0.3, 0.4) is 0 Å². The Bertz CT molecular complexity index is 920. The number of ether oxygens (including phenoxy) is 2. The zero-order chi connectivity index (χ0) is 19.4. The van der Waals surface area contributed by atoms with Gasteiger partial charge < -0.3 is 14.4 Å². The Balaban J connectivity index is 1.75. The van der Waals surface area contributed by atoms with Crippen molar-refractivity contribution in [3.63, 3.8) is 0 Å². The first-order valence-corrected chi connectivity index (χ1v) is 11.5. The number of thioether (sulfide) groups is 1. The number of amides is 1. The van der Waals surface area contributed by atoms with Crippen molar-refractivity contribution < 1.29 is 22.7 Å². The number of amidine groups is 1. The molecule has 2 fully saturated rings. The predicted octanol–water partition coefficient (Wildman–Crippen LogP) is 2.11. The lowest BCUT2D eigenvalue weighted by molar-refractivity contribution is -0.124. The summed E-state index contributed by atoms with van der Waals surface area (Å²) in [7, 11) is -3.10. The SMILES string of the molecule is CC(C)(C)C(=O)N=C1S[C@H]2CS(=O)(=O)C[C@@H]2N1c1ccc2c(c1)OCCO2. The van der Waals surface area contributed by atoms with E-state index in [1.54, 1.807) is 0 Å². The van der Waals surface area contributed by atoms with E-state index in [1.165, 1.54) is 11.8 Å². The van der Waals surface area contributed by atoms with Crippen LogP contribution in [0, 0.1) is 5.41 Å². The number of fused-ring (bicyclic) bond motifs is 2. The van der Waals surface area contributed by atoms with Crippen molar-refractivity contribution in [2.24, 2.45) is 10.4 Å². The standard InChI is InChI=1S/C18H22N2O5S2/c1-18(2,3)16(21)19-17-20(12-9-27(22,23)10-15(12)26-17)11-4-5-13-14(8-11)25-7-6-24-13/h4-5,8,12,15H,6-7,9-10H2,1-3H3/t12-,15-/m0/s1.